The Kier molecular flexibility index (Phi) is 5.69. The third-order valence-electron chi connectivity index (χ3n) is 0.775. The molecule has 0 fully saturated rings. The largest absolute Gasteiger partial charge is 0.313 e. The first-order valence-electron chi connectivity index (χ1n) is 2.73. The van der Waals surface area contributed by atoms with E-state index in [2.05, 4.69) is 19.2 Å². The van der Waals surface area contributed by atoms with E-state index in [0.717, 1.165) is 19.5 Å². The second-order valence-corrected chi connectivity index (χ2v) is 1.43. The fourth-order valence-electron chi connectivity index (χ4n) is 0.381. The van der Waals surface area contributed by atoms with Crippen LogP contribution >= 0.6 is 0 Å². The topological polar surface area (TPSA) is 12.0 Å². The number of nitrogens with one attached hydrogen (secondary N) is 1. The summed E-state index contributed by atoms with van der Waals surface area (Å²) in [5.74, 6) is 0. The van der Waals surface area contributed by atoms with Crippen molar-refractivity contribution in [3.8, 4) is 0 Å². The highest BCUT2D eigenvalue weighted by atomic mass is 14.8. The standard InChI is InChI=1S/C6H13N/c1-3-5-6-7-4-2/h3,7H,1,4-6H2,2H3. The summed E-state index contributed by atoms with van der Waals surface area (Å²) >= 11 is 0. The fraction of sp³-hybridized carbons (Fsp3) is 0.667. The summed E-state index contributed by atoms with van der Waals surface area (Å²) in [5, 5.41) is 3.18. The number of hydrogen-bond donors (Lipinski definition) is 1. The van der Waals surface area contributed by atoms with Gasteiger partial charge in [0.15, 0.2) is 0 Å². The van der Waals surface area contributed by atoms with Crippen molar-refractivity contribution in [3.05, 3.63) is 13.3 Å². The summed E-state index contributed by atoms with van der Waals surface area (Å²) in [6, 6.07) is 0. The minimum Gasteiger partial charge on any atom is -0.313 e. The molecule has 42 valence electrons. The summed E-state index contributed by atoms with van der Waals surface area (Å²) in [6.07, 6.45) is 3.00. The molecule has 7 heavy (non-hydrogen) atoms. The quantitative estimate of drug-likeness (QED) is 0.410. The van der Waals surface area contributed by atoms with Gasteiger partial charge in [0, 0.05) is 6.54 Å². The molecule has 0 aromatic rings. The number of hydrogen-bond acceptors (Lipinski definition) is 1. The van der Waals surface area contributed by atoms with Gasteiger partial charge in [0.05, 0.1) is 6.42 Å². The Hall–Kier alpha value is -0.170. The van der Waals surface area contributed by atoms with E-state index in [0.29, 0.717) is 0 Å². The van der Waals surface area contributed by atoms with Crippen molar-refractivity contribution < 1.29 is 0 Å². The Morgan fingerprint density at radius 2 is 2.43 bits per heavy atom. The lowest BCUT2D eigenvalue weighted by Gasteiger charge is -1.92. The van der Waals surface area contributed by atoms with Crippen LogP contribution in [0.3, 0.4) is 0 Å². The van der Waals surface area contributed by atoms with Crippen LogP contribution in [0.1, 0.15) is 13.3 Å². The molecule has 0 aliphatic carbocycles. The molecule has 0 rings (SSSR count). The zero-order valence-electron chi connectivity index (χ0n) is 4.91. The lowest BCUT2D eigenvalue weighted by atomic mass is 10.3. The Morgan fingerprint density at radius 3 is 2.86 bits per heavy atom. The van der Waals surface area contributed by atoms with Gasteiger partial charge in [-0.2, -0.15) is 0 Å². The molecule has 0 saturated heterocycles. The molecule has 1 heteroatoms. The maximum Gasteiger partial charge on any atom is 0.0694 e. The lowest BCUT2D eigenvalue weighted by Crippen LogP contribution is -2.13. The molecule has 0 saturated carbocycles. The summed E-state index contributed by atoms with van der Waals surface area (Å²) in [7, 11) is 0. The minimum absolute atomic E-state index is 1.06. The molecule has 0 aliphatic rings. The van der Waals surface area contributed by atoms with Crippen LogP contribution in [-0.2, 0) is 0 Å². The lowest BCUT2D eigenvalue weighted by molar-refractivity contribution is 0.716. The molecule has 0 aliphatic heterocycles. The van der Waals surface area contributed by atoms with Crippen molar-refractivity contribution in [3.63, 3.8) is 0 Å². The summed E-state index contributed by atoms with van der Waals surface area (Å²) in [5.41, 5.74) is 0. The van der Waals surface area contributed by atoms with Gasteiger partial charge in [-0.3, -0.25) is 0 Å². The summed E-state index contributed by atoms with van der Waals surface area (Å²) in [4.78, 5) is 0. The minimum atomic E-state index is 1.06. The molecule has 0 amide bonds. The van der Waals surface area contributed by atoms with Crippen LogP contribution in [0, 0.1) is 13.3 Å². The third kappa shape index (κ3) is 5.83. The predicted octanol–water partition coefficient (Wildman–Crippen LogP) is 1.02. The first-order valence-corrected chi connectivity index (χ1v) is 2.73. The van der Waals surface area contributed by atoms with Crippen molar-refractivity contribution in [2.24, 2.45) is 0 Å². The van der Waals surface area contributed by atoms with Crippen LogP contribution in [0.25, 0.3) is 0 Å². The average Bonchev–Trinajstić information content (AvgIpc) is 1.69. The molecule has 0 unspecified atom stereocenters. The van der Waals surface area contributed by atoms with Gasteiger partial charge in [0.1, 0.15) is 0 Å². The van der Waals surface area contributed by atoms with Crippen molar-refractivity contribution >= 4 is 0 Å². The summed E-state index contributed by atoms with van der Waals surface area (Å²) < 4.78 is 0. The summed E-state index contributed by atoms with van der Waals surface area (Å²) in [6.45, 7) is 7.83. The highest BCUT2D eigenvalue weighted by Crippen LogP contribution is 1.77. The van der Waals surface area contributed by atoms with Crippen LogP contribution in [0.4, 0.5) is 0 Å². The molecule has 0 aromatic heterocycles. The van der Waals surface area contributed by atoms with E-state index >= 15 is 0 Å². The molecule has 0 atom stereocenters. The van der Waals surface area contributed by atoms with Gasteiger partial charge < -0.3 is 5.32 Å². The molecule has 0 heterocycles. The smallest absolute Gasteiger partial charge is 0.0694 e. The molecular weight excluding hydrogens is 86.1 g/mol. The molecule has 0 radical (unpaired) electrons. The molecule has 1 nitrogen and oxygen atoms in total. The van der Waals surface area contributed by atoms with Crippen LogP contribution in [0.2, 0.25) is 0 Å². The second-order valence-electron chi connectivity index (χ2n) is 1.43. The highest BCUT2D eigenvalue weighted by Gasteiger charge is 1.80. The van der Waals surface area contributed by atoms with Crippen LogP contribution < -0.4 is 5.32 Å². The maximum absolute atomic E-state index is 3.59. The van der Waals surface area contributed by atoms with E-state index in [1.54, 1.807) is 0 Å². The zero-order valence-corrected chi connectivity index (χ0v) is 4.91. The van der Waals surface area contributed by atoms with Crippen molar-refractivity contribution in [1.29, 1.82) is 0 Å². The Balaban J connectivity index is 2.45. The molecule has 0 aromatic carbocycles. The molecule has 0 bridgehead atoms. The second kappa shape index (κ2) is 5.83. The number of unbranched alkanes of at least 4 members (excludes halogenated alkanes) is 1. The average molecular weight is 99.2 g/mol. The maximum atomic E-state index is 3.59. The van der Waals surface area contributed by atoms with Crippen LogP contribution in [0.5, 0.6) is 0 Å². The number of rotatable bonds is 4. The van der Waals surface area contributed by atoms with Gasteiger partial charge in [-0.1, -0.05) is 13.3 Å². The normalized spacial score (nSPS) is 8.86. The SMILES string of the molecule is [CH2-][CH+]CCNCC. The van der Waals surface area contributed by atoms with E-state index in [1.807, 2.05) is 6.42 Å². The van der Waals surface area contributed by atoms with E-state index < -0.39 is 0 Å². The van der Waals surface area contributed by atoms with Gasteiger partial charge in [-0.15, -0.1) is 6.92 Å². The monoisotopic (exact) mass is 99.1 g/mol. The zero-order chi connectivity index (χ0) is 5.54. The van der Waals surface area contributed by atoms with E-state index in [1.165, 1.54) is 0 Å². The third-order valence-corrected chi connectivity index (χ3v) is 0.775. The molecule has 0 spiro atoms. The van der Waals surface area contributed by atoms with Gasteiger partial charge in [-0.25, -0.2) is 0 Å². The van der Waals surface area contributed by atoms with Crippen molar-refractivity contribution in [2.45, 2.75) is 13.3 Å². The van der Waals surface area contributed by atoms with E-state index in [-0.39, 0.29) is 0 Å². The first kappa shape index (κ1) is 6.83. The van der Waals surface area contributed by atoms with Crippen LogP contribution in [-0.4, -0.2) is 13.1 Å². The molecule has 1 N–H and O–H groups in total. The Morgan fingerprint density at radius 1 is 1.71 bits per heavy atom. The van der Waals surface area contributed by atoms with Gasteiger partial charge >= 0.3 is 0 Å². The molecular formula is C6H13N. The van der Waals surface area contributed by atoms with Crippen molar-refractivity contribution in [2.75, 3.05) is 13.1 Å². The fourth-order valence-corrected chi connectivity index (χ4v) is 0.381. The van der Waals surface area contributed by atoms with Gasteiger partial charge in [0.25, 0.3) is 0 Å². The van der Waals surface area contributed by atoms with Gasteiger partial charge in [-0.05, 0) is 6.54 Å². The van der Waals surface area contributed by atoms with Crippen molar-refractivity contribution in [1.82, 2.24) is 5.32 Å². The van der Waals surface area contributed by atoms with Crippen LogP contribution in [0.15, 0.2) is 0 Å². The predicted molar refractivity (Wildman–Crippen MR) is 32.8 cm³/mol. The highest BCUT2D eigenvalue weighted by molar-refractivity contribution is 4.66. The van der Waals surface area contributed by atoms with Gasteiger partial charge in [0.2, 0.25) is 0 Å². The first-order chi connectivity index (χ1) is 3.41. The Bertz CT molecular complexity index is 23.4. The van der Waals surface area contributed by atoms with E-state index in [4.69, 9.17) is 0 Å². The Labute approximate surface area is 46.1 Å². The van der Waals surface area contributed by atoms with E-state index in [9.17, 15) is 0 Å².